The molecule has 3 rings (SSSR count). The number of hydrogen-bond donors (Lipinski definition) is 0. The lowest BCUT2D eigenvalue weighted by molar-refractivity contribution is 0.415. The van der Waals surface area contributed by atoms with Crippen molar-refractivity contribution in [2.75, 3.05) is 7.11 Å². The normalized spacial score (nSPS) is 10.5. The monoisotopic (exact) mass is 268 g/mol. The molecule has 3 heteroatoms. The van der Waals surface area contributed by atoms with E-state index in [2.05, 4.69) is 0 Å². The second kappa shape index (κ2) is 5.21. The number of furan rings is 1. The van der Waals surface area contributed by atoms with Crippen molar-refractivity contribution < 1.29 is 13.5 Å². The first-order valence-electron chi connectivity index (χ1n) is 6.27. The standard InChI is InChI=1S/C17H13FO2/c1-19-14-9-7-13(8-10-14)17-15(18)11-16(20-17)12-5-3-2-4-6-12/h2-11H,1H3. The zero-order chi connectivity index (χ0) is 13.9. The van der Waals surface area contributed by atoms with Crippen molar-refractivity contribution in [1.29, 1.82) is 0 Å². The maximum atomic E-state index is 14.0. The van der Waals surface area contributed by atoms with E-state index in [-0.39, 0.29) is 11.6 Å². The predicted molar refractivity (Wildman–Crippen MR) is 76.1 cm³/mol. The van der Waals surface area contributed by atoms with E-state index in [9.17, 15) is 4.39 Å². The van der Waals surface area contributed by atoms with Gasteiger partial charge in [-0.2, -0.15) is 0 Å². The Morgan fingerprint density at radius 3 is 2.25 bits per heavy atom. The molecule has 0 N–H and O–H groups in total. The van der Waals surface area contributed by atoms with Crippen LogP contribution in [-0.2, 0) is 0 Å². The molecule has 1 heterocycles. The number of methoxy groups -OCH3 is 1. The summed E-state index contributed by atoms with van der Waals surface area (Å²) in [7, 11) is 1.59. The number of halogens is 1. The molecule has 20 heavy (non-hydrogen) atoms. The summed E-state index contributed by atoms with van der Waals surface area (Å²) in [5, 5.41) is 0. The van der Waals surface area contributed by atoms with E-state index < -0.39 is 0 Å². The zero-order valence-corrected chi connectivity index (χ0v) is 11.0. The second-order valence-electron chi connectivity index (χ2n) is 4.38. The Morgan fingerprint density at radius 1 is 0.900 bits per heavy atom. The molecule has 0 unspecified atom stereocenters. The largest absolute Gasteiger partial charge is 0.497 e. The van der Waals surface area contributed by atoms with Gasteiger partial charge in [0.05, 0.1) is 7.11 Å². The molecule has 0 aliphatic heterocycles. The zero-order valence-electron chi connectivity index (χ0n) is 11.0. The summed E-state index contributed by atoms with van der Waals surface area (Å²) >= 11 is 0. The summed E-state index contributed by atoms with van der Waals surface area (Å²) in [5.41, 5.74) is 1.54. The SMILES string of the molecule is COc1ccc(-c2oc(-c3ccccc3)cc2F)cc1. The van der Waals surface area contributed by atoms with Crippen LogP contribution in [0.1, 0.15) is 0 Å². The van der Waals surface area contributed by atoms with Crippen molar-refractivity contribution in [3.63, 3.8) is 0 Å². The van der Waals surface area contributed by atoms with Crippen LogP contribution in [0, 0.1) is 5.82 Å². The van der Waals surface area contributed by atoms with E-state index in [1.54, 1.807) is 31.4 Å². The lowest BCUT2D eigenvalue weighted by Crippen LogP contribution is -1.82. The van der Waals surface area contributed by atoms with Crippen LogP contribution in [0.5, 0.6) is 5.75 Å². The fourth-order valence-electron chi connectivity index (χ4n) is 2.05. The molecule has 0 saturated carbocycles. The van der Waals surface area contributed by atoms with Gasteiger partial charge in [-0.15, -0.1) is 0 Å². The average molecular weight is 268 g/mol. The summed E-state index contributed by atoms with van der Waals surface area (Å²) in [5.74, 6) is 1.12. The number of benzene rings is 2. The van der Waals surface area contributed by atoms with Crippen molar-refractivity contribution in [2.24, 2.45) is 0 Å². The first kappa shape index (κ1) is 12.5. The highest BCUT2D eigenvalue weighted by Crippen LogP contribution is 2.32. The third-order valence-corrected chi connectivity index (χ3v) is 3.10. The number of hydrogen-bond acceptors (Lipinski definition) is 2. The first-order valence-corrected chi connectivity index (χ1v) is 6.27. The van der Waals surface area contributed by atoms with Crippen molar-refractivity contribution in [3.8, 4) is 28.4 Å². The van der Waals surface area contributed by atoms with Gasteiger partial charge in [-0.3, -0.25) is 0 Å². The first-order chi connectivity index (χ1) is 9.78. The highest BCUT2D eigenvalue weighted by molar-refractivity contribution is 5.65. The van der Waals surface area contributed by atoms with Gasteiger partial charge in [0, 0.05) is 17.2 Å². The van der Waals surface area contributed by atoms with Gasteiger partial charge in [0.25, 0.3) is 0 Å². The minimum Gasteiger partial charge on any atom is -0.497 e. The molecular weight excluding hydrogens is 255 g/mol. The van der Waals surface area contributed by atoms with Gasteiger partial charge in [-0.05, 0) is 24.3 Å². The molecule has 1 aromatic heterocycles. The third kappa shape index (κ3) is 2.30. The third-order valence-electron chi connectivity index (χ3n) is 3.10. The molecule has 0 amide bonds. The Bertz CT molecular complexity index is 700. The minimum atomic E-state index is -0.367. The summed E-state index contributed by atoms with van der Waals surface area (Å²) in [4.78, 5) is 0. The van der Waals surface area contributed by atoms with E-state index in [4.69, 9.17) is 9.15 Å². The number of rotatable bonds is 3. The predicted octanol–water partition coefficient (Wildman–Crippen LogP) is 4.76. The Hall–Kier alpha value is -2.55. The smallest absolute Gasteiger partial charge is 0.170 e. The van der Waals surface area contributed by atoms with Crippen LogP contribution >= 0.6 is 0 Å². The molecule has 2 aromatic carbocycles. The molecule has 0 fully saturated rings. The molecule has 0 aliphatic rings. The second-order valence-corrected chi connectivity index (χ2v) is 4.38. The van der Waals surface area contributed by atoms with Crippen molar-refractivity contribution in [1.82, 2.24) is 0 Å². The van der Waals surface area contributed by atoms with Gasteiger partial charge >= 0.3 is 0 Å². The Labute approximate surface area is 116 Å². The summed E-state index contributed by atoms with van der Waals surface area (Å²) in [6.07, 6.45) is 0. The van der Waals surface area contributed by atoms with Gasteiger partial charge in [0.1, 0.15) is 11.5 Å². The maximum absolute atomic E-state index is 14.0. The van der Waals surface area contributed by atoms with E-state index in [1.165, 1.54) is 6.07 Å². The van der Waals surface area contributed by atoms with E-state index >= 15 is 0 Å². The lowest BCUT2D eigenvalue weighted by atomic mass is 10.1. The fraction of sp³-hybridized carbons (Fsp3) is 0.0588. The van der Waals surface area contributed by atoms with Crippen molar-refractivity contribution >= 4 is 0 Å². The molecule has 0 radical (unpaired) electrons. The molecule has 0 spiro atoms. The van der Waals surface area contributed by atoms with Crippen LogP contribution in [0.2, 0.25) is 0 Å². The van der Waals surface area contributed by atoms with Crippen LogP contribution in [0.4, 0.5) is 4.39 Å². The highest BCUT2D eigenvalue weighted by Gasteiger charge is 2.14. The van der Waals surface area contributed by atoms with Crippen LogP contribution in [0.3, 0.4) is 0 Å². The van der Waals surface area contributed by atoms with Gasteiger partial charge < -0.3 is 9.15 Å². The Kier molecular flexibility index (Phi) is 3.25. The molecular formula is C17H13FO2. The van der Waals surface area contributed by atoms with Crippen LogP contribution < -0.4 is 4.74 Å². The summed E-state index contributed by atoms with van der Waals surface area (Å²) in [6.45, 7) is 0. The van der Waals surface area contributed by atoms with Crippen molar-refractivity contribution in [2.45, 2.75) is 0 Å². The van der Waals surface area contributed by atoms with Gasteiger partial charge in [0.2, 0.25) is 0 Å². The van der Waals surface area contributed by atoms with Gasteiger partial charge in [0.15, 0.2) is 11.6 Å². The molecule has 0 atom stereocenters. The fourth-order valence-corrected chi connectivity index (χ4v) is 2.05. The van der Waals surface area contributed by atoms with Gasteiger partial charge in [-0.1, -0.05) is 30.3 Å². The topological polar surface area (TPSA) is 22.4 Å². The van der Waals surface area contributed by atoms with Crippen LogP contribution in [0.15, 0.2) is 65.1 Å². The summed E-state index contributed by atoms with van der Waals surface area (Å²) in [6, 6.07) is 18.0. The number of ether oxygens (including phenoxy) is 1. The molecule has 0 aliphatic carbocycles. The quantitative estimate of drug-likeness (QED) is 0.683. The van der Waals surface area contributed by atoms with E-state index in [0.29, 0.717) is 11.3 Å². The van der Waals surface area contributed by atoms with Crippen molar-refractivity contribution in [3.05, 3.63) is 66.5 Å². The van der Waals surface area contributed by atoms with E-state index in [0.717, 1.165) is 11.3 Å². The highest BCUT2D eigenvalue weighted by atomic mass is 19.1. The Balaban J connectivity index is 2.00. The molecule has 2 nitrogen and oxygen atoms in total. The molecule has 100 valence electrons. The van der Waals surface area contributed by atoms with Crippen LogP contribution in [0.25, 0.3) is 22.6 Å². The average Bonchev–Trinajstić information content (AvgIpc) is 2.90. The Morgan fingerprint density at radius 2 is 1.60 bits per heavy atom. The molecule has 0 saturated heterocycles. The lowest BCUT2D eigenvalue weighted by Gasteiger charge is -2.01. The summed E-state index contributed by atoms with van der Waals surface area (Å²) < 4.78 is 24.8. The maximum Gasteiger partial charge on any atom is 0.170 e. The molecule has 0 bridgehead atoms. The van der Waals surface area contributed by atoms with E-state index in [1.807, 2.05) is 30.3 Å². The van der Waals surface area contributed by atoms with Gasteiger partial charge in [-0.25, -0.2) is 4.39 Å². The molecule has 3 aromatic rings. The van der Waals surface area contributed by atoms with Crippen LogP contribution in [-0.4, -0.2) is 7.11 Å². The minimum absolute atomic E-state index is 0.242.